The lowest BCUT2D eigenvalue weighted by Crippen LogP contribution is -2.36. The number of nitrogens with one attached hydrogen (secondary N) is 2. The molecule has 7 heteroatoms. The molecular formula is C23H28FN5O. The van der Waals surface area contributed by atoms with E-state index >= 15 is 0 Å². The predicted molar refractivity (Wildman–Crippen MR) is 118 cm³/mol. The maximum atomic E-state index is 13.8. The molecule has 30 heavy (non-hydrogen) atoms. The van der Waals surface area contributed by atoms with Crippen molar-refractivity contribution in [2.45, 2.75) is 26.8 Å². The minimum Gasteiger partial charge on any atom is -0.372 e. The van der Waals surface area contributed by atoms with Crippen molar-refractivity contribution in [2.24, 2.45) is 0 Å². The molecule has 3 rings (SSSR count). The molecule has 3 aromatic rings. The lowest BCUT2D eigenvalue weighted by atomic mass is 10.2. The summed E-state index contributed by atoms with van der Waals surface area (Å²) >= 11 is 0. The molecule has 0 fully saturated rings. The van der Waals surface area contributed by atoms with E-state index in [1.54, 1.807) is 12.1 Å². The number of aryl methyl sites for hydroxylation is 1. The lowest BCUT2D eigenvalue weighted by Gasteiger charge is -2.19. The van der Waals surface area contributed by atoms with Gasteiger partial charge in [-0.2, -0.15) is 5.10 Å². The number of hydrogen-bond acceptors (Lipinski definition) is 3. The standard InChI is InChI=1S/C23H28FN5O/c1-17-20(18(2)29(27-17)19-10-5-4-6-11-19)16-26-23(30)25-14-9-15-28(3)22-13-8-7-12-21(22)24/h4-8,10-13H,9,14-16H2,1-3H3,(H2,25,26,30). The minimum atomic E-state index is -0.243. The van der Waals surface area contributed by atoms with Gasteiger partial charge in [0.15, 0.2) is 0 Å². The number of carbonyl (C=O) groups is 1. The van der Waals surface area contributed by atoms with Crippen LogP contribution in [0.15, 0.2) is 54.6 Å². The fourth-order valence-electron chi connectivity index (χ4n) is 3.38. The summed E-state index contributed by atoms with van der Waals surface area (Å²) in [7, 11) is 1.84. The van der Waals surface area contributed by atoms with E-state index in [4.69, 9.17) is 0 Å². The van der Waals surface area contributed by atoms with Crippen molar-refractivity contribution in [1.29, 1.82) is 0 Å². The van der Waals surface area contributed by atoms with Crippen LogP contribution in [0.5, 0.6) is 0 Å². The summed E-state index contributed by atoms with van der Waals surface area (Å²) in [4.78, 5) is 14.0. The third kappa shape index (κ3) is 5.17. The molecule has 158 valence electrons. The van der Waals surface area contributed by atoms with Gasteiger partial charge in [0.2, 0.25) is 0 Å². The highest BCUT2D eigenvalue weighted by atomic mass is 19.1. The number of hydrogen-bond donors (Lipinski definition) is 2. The van der Waals surface area contributed by atoms with Gasteiger partial charge in [-0.25, -0.2) is 13.9 Å². The molecule has 6 nitrogen and oxygen atoms in total. The van der Waals surface area contributed by atoms with Crippen molar-refractivity contribution in [2.75, 3.05) is 25.0 Å². The van der Waals surface area contributed by atoms with Crippen LogP contribution in [0.4, 0.5) is 14.9 Å². The molecule has 1 aromatic heterocycles. The number of halogens is 1. The van der Waals surface area contributed by atoms with Gasteiger partial charge < -0.3 is 15.5 Å². The second-order valence-electron chi connectivity index (χ2n) is 7.23. The van der Waals surface area contributed by atoms with E-state index in [-0.39, 0.29) is 11.8 Å². The van der Waals surface area contributed by atoms with Crippen molar-refractivity contribution >= 4 is 11.7 Å². The Morgan fingerprint density at radius 1 is 1.07 bits per heavy atom. The minimum absolute atomic E-state index is 0.227. The topological polar surface area (TPSA) is 62.2 Å². The number of para-hydroxylation sites is 2. The van der Waals surface area contributed by atoms with Crippen LogP contribution in [-0.4, -0.2) is 35.9 Å². The summed E-state index contributed by atoms with van der Waals surface area (Å²) in [5.74, 6) is -0.243. The summed E-state index contributed by atoms with van der Waals surface area (Å²) in [6.45, 7) is 5.50. The predicted octanol–water partition coefficient (Wildman–Crippen LogP) is 3.95. The number of benzene rings is 2. The highest BCUT2D eigenvalue weighted by Crippen LogP contribution is 2.18. The first kappa shape index (κ1) is 21.4. The van der Waals surface area contributed by atoms with Crippen molar-refractivity contribution in [1.82, 2.24) is 20.4 Å². The first-order chi connectivity index (χ1) is 14.5. The molecule has 2 N–H and O–H groups in total. The molecule has 0 aliphatic carbocycles. The number of rotatable bonds is 8. The Morgan fingerprint density at radius 3 is 2.50 bits per heavy atom. The molecule has 1 heterocycles. The maximum absolute atomic E-state index is 13.8. The molecule has 0 radical (unpaired) electrons. The van der Waals surface area contributed by atoms with Gasteiger partial charge >= 0.3 is 6.03 Å². The van der Waals surface area contributed by atoms with Crippen LogP contribution in [0.3, 0.4) is 0 Å². The first-order valence-corrected chi connectivity index (χ1v) is 10.0. The molecule has 2 aromatic carbocycles. The van der Waals surface area contributed by atoms with Crippen LogP contribution >= 0.6 is 0 Å². The van der Waals surface area contributed by atoms with Gasteiger partial charge in [-0.05, 0) is 44.5 Å². The van der Waals surface area contributed by atoms with E-state index in [1.165, 1.54) is 6.07 Å². The number of urea groups is 1. The van der Waals surface area contributed by atoms with Crippen molar-refractivity contribution in [3.8, 4) is 5.69 Å². The zero-order valence-corrected chi connectivity index (χ0v) is 17.7. The Labute approximate surface area is 176 Å². The molecule has 0 aliphatic heterocycles. The summed E-state index contributed by atoms with van der Waals surface area (Å²) in [5.41, 5.74) is 4.46. The third-order valence-electron chi connectivity index (χ3n) is 5.09. The largest absolute Gasteiger partial charge is 0.372 e. The van der Waals surface area contributed by atoms with Crippen LogP contribution in [0.2, 0.25) is 0 Å². The van der Waals surface area contributed by atoms with Crippen molar-refractivity contribution in [3.05, 3.63) is 77.4 Å². The summed E-state index contributed by atoms with van der Waals surface area (Å²) < 4.78 is 15.7. The number of carbonyl (C=O) groups excluding carboxylic acids is 1. The Hall–Kier alpha value is -3.35. The quantitative estimate of drug-likeness (QED) is 0.554. The average molecular weight is 410 g/mol. The number of nitrogens with zero attached hydrogens (tertiary/aromatic N) is 3. The van der Waals surface area contributed by atoms with Gasteiger partial charge in [0.25, 0.3) is 0 Å². The molecule has 0 unspecified atom stereocenters. The summed E-state index contributed by atoms with van der Waals surface area (Å²) in [5, 5.41) is 10.3. The van der Waals surface area contributed by atoms with Crippen molar-refractivity contribution in [3.63, 3.8) is 0 Å². The van der Waals surface area contributed by atoms with Crippen LogP contribution in [0, 0.1) is 19.7 Å². The molecule has 0 spiro atoms. The van der Waals surface area contributed by atoms with E-state index in [0.717, 1.165) is 22.6 Å². The first-order valence-electron chi connectivity index (χ1n) is 10.0. The van der Waals surface area contributed by atoms with Crippen molar-refractivity contribution < 1.29 is 9.18 Å². The molecule has 0 saturated heterocycles. The van der Waals surface area contributed by atoms with Crippen LogP contribution in [-0.2, 0) is 6.54 Å². The van der Waals surface area contributed by atoms with E-state index in [0.29, 0.717) is 31.7 Å². The van der Waals surface area contributed by atoms with Gasteiger partial charge in [-0.1, -0.05) is 30.3 Å². The molecule has 2 amide bonds. The highest BCUT2D eigenvalue weighted by Gasteiger charge is 2.13. The third-order valence-corrected chi connectivity index (χ3v) is 5.09. The van der Waals surface area contributed by atoms with E-state index in [2.05, 4.69) is 15.7 Å². The number of amides is 2. The number of aromatic nitrogens is 2. The van der Waals surface area contributed by atoms with E-state index in [1.807, 2.05) is 66.9 Å². The monoisotopic (exact) mass is 409 g/mol. The Balaban J connectivity index is 1.45. The van der Waals surface area contributed by atoms with Gasteiger partial charge in [-0.15, -0.1) is 0 Å². The van der Waals surface area contributed by atoms with E-state index in [9.17, 15) is 9.18 Å². The lowest BCUT2D eigenvalue weighted by molar-refractivity contribution is 0.240. The highest BCUT2D eigenvalue weighted by molar-refractivity contribution is 5.73. The van der Waals surface area contributed by atoms with Gasteiger partial charge in [0.05, 0.1) is 17.1 Å². The Morgan fingerprint density at radius 2 is 1.77 bits per heavy atom. The maximum Gasteiger partial charge on any atom is 0.315 e. The molecule has 0 bridgehead atoms. The molecular weight excluding hydrogens is 381 g/mol. The molecule has 0 aliphatic rings. The molecule has 0 atom stereocenters. The second kappa shape index (κ2) is 9.91. The smallest absolute Gasteiger partial charge is 0.315 e. The van der Waals surface area contributed by atoms with Gasteiger partial charge in [0, 0.05) is 37.9 Å². The zero-order chi connectivity index (χ0) is 21.5. The normalized spacial score (nSPS) is 10.7. The second-order valence-corrected chi connectivity index (χ2v) is 7.23. The van der Waals surface area contributed by atoms with Crippen LogP contribution in [0.25, 0.3) is 5.69 Å². The number of anilines is 1. The van der Waals surface area contributed by atoms with Gasteiger partial charge in [0.1, 0.15) is 5.82 Å². The molecule has 0 saturated carbocycles. The SMILES string of the molecule is Cc1nn(-c2ccccc2)c(C)c1CNC(=O)NCCCN(C)c1ccccc1F. The van der Waals surface area contributed by atoms with Crippen LogP contribution in [0.1, 0.15) is 23.4 Å². The Kier molecular flexibility index (Phi) is 7.06. The zero-order valence-electron chi connectivity index (χ0n) is 17.7. The Bertz CT molecular complexity index is 987. The summed E-state index contributed by atoms with van der Waals surface area (Å²) in [6.07, 6.45) is 0.711. The van der Waals surface area contributed by atoms with Gasteiger partial charge in [-0.3, -0.25) is 0 Å². The van der Waals surface area contributed by atoms with Crippen LogP contribution < -0.4 is 15.5 Å². The summed E-state index contributed by atoms with van der Waals surface area (Å²) in [6, 6.07) is 16.4. The fourth-order valence-corrected chi connectivity index (χ4v) is 3.38. The van der Waals surface area contributed by atoms with E-state index < -0.39 is 0 Å². The fraction of sp³-hybridized carbons (Fsp3) is 0.304. The average Bonchev–Trinajstić information content (AvgIpc) is 3.04.